The van der Waals surface area contributed by atoms with Crippen LogP contribution < -0.4 is 10.2 Å². The van der Waals surface area contributed by atoms with E-state index in [1.807, 2.05) is 12.1 Å². The Bertz CT molecular complexity index is 448. The van der Waals surface area contributed by atoms with E-state index in [1.165, 1.54) is 24.1 Å². The number of hydrogen-bond donors (Lipinski definition) is 1. The molecule has 0 heterocycles. The summed E-state index contributed by atoms with van der Waals surface area (Å²) in [6.45, 7) is 7.86. The van der Waals surface area contributed by atoms with Crippen molar-refractivity contribution in [3.63, 3.8) is 0 Å². The third kappa shape index (κ3) is 4.35. The van der Waals surface area contributed by atoms with Gasteiger partial charge in [0.25, 0.3) is 0 Å². The number of anilines is 1. The minimum Gasteiger partial charge on any atom is -0.383 e. The minimum atomic E-state index is 0.514. The van der Waals surface area contributed by atoms with Gasteiger partial charge in [-0.05, 0) is 43.9 Å². The fourth-order valence-corrected chi connectivity index (χ4v) is 3.13. The number of hydrogen-bond acceptors (Lipinski definition) is 3. The number of nitrogens with zero attached hydrogens (tertiary/aromatic N) is 1. The normalized spacial score (nSPS) is 16.0. The first-order valence-corrected chi connectivity index (χ1v) is 8.30. The summed E-state index contributed by atoms with van der Waals surface area (Å²) in [5, 5.41) is 4.25. The lowest BCUT2D eigenvalue weighted by molar-refractivity contribution is 0.202. The third-order valence-electron chi connectivity index (χ3n) is 4.26. The average molecular weight is 311 g/mol. The van der Waals surface area contributed by atoms with Gasteiger partial charge in [0.15, 0.2) is 0 Å². The summed E-state index contributed by atoms with van der Waals surface area (Å²) in [5.74, 6) is 0.796. The molecule has 0 aromatic heterocycles. The van der Waals surface area contributed by atoms with E-state index in [0.29, 0.717) is 6.04 Å². The van der Waals surface area contributed by atoms with Crippen molar-refractivity contribution in [2.75, 3.05) is 31.7 Å². The predicted molar refractivity (Wildman–Crippen MR) is 90.2 cm³/mol. The van der Waals surface area contributed by atoms with Crippen molar-refractivity contribution in [1.29, 1.82) is 0 Å². The molecule has 0 aliphatic heterocycles. The molecule has 118 valence electrons. The zero-order valence-corrected chi connectivity index (χ0v) is 14.1. The molecular formula is C17H27ClN2O. The Morgan fingerprint density at radius 1 is 1.43 bits per heavy atom. The van der Waals surface area contributed by atoms with Crippen LogP contribution in [0.4, 0.5) is 5.69 Å². The molecule has 3 nitrogen and oxygen atoms in total. The highest BCUT2D eigenvalue weighted by molar-refractivity contribution is 6.33. The van der Waals surface area contributed by atoms with Crippen molar-refractivity contribution >= 4 is 17.3 Å². The molecule has 2 rings (SSSR count). The van der Waals surface area contributed by atoms with Crippen LogP contribution >= 0.6 is 11.6 Å². The van der Waals surface area contributed by atoms with Crippen LogP contribution in [-0.2, 0) is 11.3 Å². The lowest BCUT2D eigenvalue weighted by Crippen LogP contribution is -2.38. The number of benzene rings is 1. The van der Waals surface area contributed by atoms with Crippen LogP contribution in [-0.4, -0.2) is 32.8 Å². The monoisotopic (exact) mass is 310 g/mol. The molecule has 1 aliphatic carbocycles. The van der Waals surface area contributed by atoms with Crippen LogP contribution in [0.2, 0.25) is 5.02 Å². The molecule has 1 N–H and O–H groups in total. The second-order valence-corrected chi connectivity index (χ2v) is 6.20. The Labute approximate surface area is 133 Å². The summed E-state index contributed by atoms with van der Waals surface area (Å²) in [6, 6.07) is 6.71. The number of rotatable bonds is 9. The van der Waals surface area contributed by atoms with Gasteiger partial charge in [-0.1, -0.05) is 30.7 Å². The Morgan fingerprint density at radius 3 is 2.81 bits per heavy atom. The van der Waals surface area contributed by atoms with E-state index in [2.05, 4.69) is 30.1 Å². The predicted octanol–water partition coefficient (Wildman–Crippen LogP) is 3.70. The summed E-state index contributed by atoms with van der Waals surface area (Å²) in [6.07, 6.45) is 2.66. The fourth-order valence-electron chi connectivity index (χ4n) is 2.83. The Kier molecular flexibility index (Phi) is 6.34. The molecule has 0 spiro atoms. The molecule has 1 atom stereocenters. The summed E-state index contributed by atoms with van der Waals surface area (Å²) >= 11 is 6.54. The van der Waals surface area contributed by atoms with Crippen molar-refractivity contribution < 1.29 is 4.74 Å². The van der Waals surface area contributed by atoms with Gasteiger partial charge < -0.3 is 15.0 Å². The summed E-state index contributed by atoms with van der Waals surface area (Å²) in [7, 11) is 1.76. The zero-order valence-electron chi connectivity index (χ0n) is 13.4. The molecule has 1 aliphatic rings. The van der Waals surface area contributed by atoms with Crippen molar-refractivity contribution in [2.24, 2.45) is 5.92 Å². The average Bonchev–Trinajstić information content (AvgIpc) is 3.31. The molecule has 1 aromatic carbocycles. The van der Waals surface area contributed by atoms with Gasteiger partial charge in [0, 0.05) is 26.2 Å². The number of para-hydroxylation sites is 1. The van der Waals surface area contributed by atoms with Gasteiger partial charge in [0.1, 0.15) is 0 Å². The van der Waals surface area contributed by atoms with Gasteiger partial charge in [0.2, 0.25) is 0 Å². The maximum absolute atomic E-state index is 6.54. The third-order valence-corrected chi connectivity index (χ3v) is 4.56. The first-order chi connectivity index (χ1) is 10.2. The van der Waals surface area contributed by atoms with Gasteiger partial charge in [0.05, 0.1) is 17.3 Å². The molecule has 21 heavy (non-hydrogen) atoms. The van der Waals surface area contributed by atoms with Crippen molar-refractivity contribution in [2.45, 2.75) is 39.3 Å². The van der Waals surface area contributed by atoms with Crippen LogP contribution in [0, 0.1) is 5.92 Å². The molecule has 0 radical (unpaired) electrons. The maximum Gasteiger partial charge on any atom is 0.0643 e. The van der Waals surface area contributed by atoms with Gasteiger partial charge in [-0.3, -0.25) is 0 Å². The van der Waals surface area contributed by atoms with Crippen LogP contribution in [0.25, 0.3) is 0 Å². The summed E-state index contributed by atoms with van der Waals surface area (Å²) in [4.78, 5) is 2.44. The quantitative estimate of drug-likeness (QED) is 0.752. The molecule has 1 saturated carbocycles. The van der Waals surface area contributed by atoms with Gasteiger partial charge in [-0.25, -0.2) is 0 Å². The van der Waals surface area contributed by atoms with Gasteiger partial charge in [-0.2, -0.15) is 0 Å². The smallest absolute Gasteiger partial charge is 0.0643 e. The summed E-state index contributed by atoms with van der Waals surface area (Å²) < 4.78 is 5.30. The van der Waals surface area contributed by atoms with Gasteiger partial charge >= 0.3 is 0 Å². The van der Waals surface area contributed by atoms with Crippen LogP contribution in [0.15, 0.2) is 18.2 Å². The molecule has 1 aromatic rings. The van der Waals surface area contributed by atoms with E-state index in [-0.39, 0.29) is 0 Å². The first-order valence-electron chi connectivity index (χ1n) is 7.92. The fraction of sp³-hybridized carbons (Fsp3) is 0.647. The second-order valence-electron chi connectivity index (χ2n) is 5.79. The van der Waals surface area contributed by atoms with E-state index in [9.17, 15) is 0 Å². The molecule has 0 saturated heterocycles. The lowest BCUT2D eigenvalue weighted by Gasteiger charge is -2.34. The number of ether oxygens (including phenoxy) is 1. The Balaban J connectivity index is 2.27. The molecule has 1 unspecified atom stereocenters. The standard InChI is InChI=1S/C17H27ClN2O/c1-4-19-12-15-6-5-7-16(18)17(15)20(10-11-21-3)13(2)14-8-9-14/h5-7,13-14,19H,4,8-12H2,1-3H3. The van der Waals surface area contributed by atoms with Crippen molar-refractivity contribution in [3.05, 3.63) is 28.8 Å². The molecule has 4 heteroatoms. The van der Waals surface area contributed by atoms with E-state index in [1.54, 1.807) is 7.11 Å². The highest BCUT2D eigenvalue weighted by Crippen LogP contribution is 2.39. The highest BCUT2D eigenvalue weighted by Gasteiger charge is 2.33. The second kappa shape index (κ2) is 8.02. The van der Waals surface area contributed by atoms with Crippen LogP contribution in [0.5, 0.6) is 0 Å². The highest BCUT2D eigenvalue weighted by atomic mass is 35.5. The number of halogens is 1. The van der Waals surface area contributed by atoms with Crippen molar-refractivity contribution in [3.8, 4) is 0 Å². The SMILES string of the molecule is CCNCc1cccc(Cl)c1N(CCOC)C(C)C1CC1. The Morgan fingerprint density at radius 2 is 2.19 bits per heavy atom. The topological polar surface area (TPSA) is 24.5 Å². The van der Waals surface area contributed by atoms with E-state index in [0.717, 1.165) is 37.2 Å². The number of methoxy groups -OCH3 is 1. The number of nitrogens with one attached hydrogen (secondary N) is 1. The molecule has 1 fully saturated rings. The first kappa shape index (κ1) is 16.6. The van der Waals surface area contributed by atoms with Crippen LogP contribution in [0.1, 0.15) is 32.3 Å². The molecule has 0 amide bonds. The van der Waals surface area contributed by atoms with E-state index < -0.39 is 0 Å². The molecular weight excluding hydrogens is 284 g/mol. The van der Waals surface area contributed by atoms with E-state index >= 15 is 0 Å². The van der Waals surface area contributed by atoms with Crippen molar-refractivity contribution in [1.82, 2.24) is 5.32 Å². The van der Waals surface area contributed by atoms with E-state index in [4.69, 9.17) is 16.3 Å². The molecule has 0 bridgehead atoms. The van der Waals surface area contributed by atoms with Gasteiger partial charge in [-0.15, -0.1) is 0 Å². The lowest BCUT2D eigenvalue weighted by atomic mass is 10.1. The van der Waals surface area contributed by atoms with Crippen LogP contribution in [0.3, 0.4) is 0 Å². The largest absolute Gasteiger partial charge is 0.383 e. The minimum absolute atomic E-state index is 0.514. The zero-order chi connectivity index (χ0) is 15.2. The summed E-state index contributed by atoms with van der Waals surface area (Å²) in [5.41, 5.74) is 2.45. The Hall–Kier alpha value is -0.770. The maximum atomic E-state index is 6.54.